The van der Waals surface area contributed by atoms with Crippen LogP contribution in [0.25, 0.3) is 0 Å². The minimum Gasteiger partial charge on any atom is -0.383 e. The lowest BCUT2D eigenvalue weighted by Crippen LogP contribution is -2.36. The van der Waals surface area contributed by atoms with E-state index in [1.807, 2.05) is 6.07 Å². The highest BCUT2D eigenvalue weighted by molar-refractivity contribution is 9.10. The normalized spacial score (nSPS) is 15.4. The first-order valence-corrected chi connectivity index (χ1v) is 7.68. The molecule has 18 heavy (non-hydrogen) atoms. The van der Waals surface area contributed by atoms with Gasteiger partial charge in [-0.3, -0.25) is 4.90 Å². The molecule has 1 saturated carbocycles. The average molecular weight is 311 g/mol. The lowest BCUT2D eigenvalue weighted by atomic mass is 10.2. The third kappa shape index (κ3) is 4.29. The molecular weight excluding hydrogens is 288 g/mol. The van der Waals surface area contributed by atoms with Crippen LogP contribution < -0.4 is 5.32 Å². The van der Waals surface area contributed by atoms with Gasteiger partial charge in [0.1, 0.15) is 0 Å². The Morgan fingerprint density at radius 3 is 2.67 bits per heavy atom. The zero-order valence-electron chi connectivity index (χ0n) is 11.3. The highest BCUT2D eigenvalue weighted by atomic mass is 79.9. The van der Waals surface area contributed by atoms with E-state index in [2.05, 4.69) is 58.2 Å². The van der Waals surface area contributed by atoms with Crippen LogP contribution in [0.1, 0.15) is 26.7 Å². The molecule has 1 aromatic rings. The number of nitrogens with one attached hydrogen (secondary N) is 1. The molecule has 2 rings (SSSR count). The van der Waals surface area contributed by atoms with E-state index in [9.17, 15) is 0 Å². The van der Waals surface area contributed by atoms with E-state index < -0.39 is 0 Å². The fourth-order valence-corrected chi connectivity index (χ4v) is 2.56. The molecule has 0 saturated heterocycles. The monoisotopic (exact) mass is 310 g/mol. The van der Waals surface area contributed by atoms with Crippen LogP contribution in [0.3, 0.4) is 0 Å². The maximum absolute atomic E-state index is 3.57. The van der Waals surface area contributed by atoms with Crippen LogP contribution in [0.15, 0.2) is 28.7 Å². The maximum atomic E-state index is 3.57. The fourth-order valence-electron chi connectivity index (χ4n) is 2.13. The molecule has 3 heteroatoms. The molecule has 1 aromatic carbocycles. The van der Waals surface area contributed by atoms with E-state index in [1.54, 1.807) is 0 Å². The van der Waals surface area contributed by atoms with Gasteiger partial charge in [0.25, 0.3) is 0 Å². The SMILES string of the molecule is CC(C)N(CCNc1ccccc1Br)CC1CC1. The quantitative estimate of drug-likeness (QED) is 0.819. The fraction of sp³-hybridized carbons (Fsp3) is 0.600. The molecule has 1 aliphatic carbocycles. The largest absolute Gasteiger partial charge is 0.383 e. The Hall–Kier alpha value is -0.540. The van der Waals surface area contributed by atoms with Gasteiger partial charge in [-0.2, -0.15) is 0 Å². The lowest BCUT2D eigenvalue weighted by Gasteiger charge is -2.26. The number of hydrogen-bond acceptors (Lipinski definition) is 2. The average Bonchev–Trinajstić information content (AvgIpc) is 3.14. The number of halogens is 1. The Kier molecular flexibility index (Phi) is 5.07. The third-order valence-electron chi connectivity index (χ3n) is 3.51. The van der Waals surface area contributed by atoms with Crippen LogP contribution in [-0.4, -0.2) is 30.6 Å². The van der Waals surface area contributed by atoms with Crippen molar-refractivity contribution in [3.05, 3.63) is 28.7 Å². The number of hydrogen-bond donors (Lipinski definition) is 1. The molecule has 0 radical (unpaired) electrons. The molecule has 2 nitrogen and oxygen atoms in total. The zero-order valence-corrected chi connectivity index (χ0v) is 12.9. The molecule has 1 fully saturated rings. The summed E-state index contributed by atoms with van der Waals surface area (Å²) in [6.45, 7) is 7.99. The maximum Gasteiger partial charge on any atom is 0.0485 e. The number of rotatable bonds is 7. The molecule has 0 aromatic heterocycles. The summed E-state index contributed by atoms with van der Waals surface area (Å²) in [5.41, 5.74) is 1.19. The second-order valence-electron chi connectivity index (χ2n) is 5.44. The first-order chi connectivity index (χ1) is 8.66. The van der Waals surface area contributed by atoms with Crippen molar-refractivity contribution in [2.75, 3.05) is 25.0 Å². The lowest BCUT2D eigenvalue weighted by molar-refractivity contribution is 0.221. The second kappa shape index (κ2) is 6.58. The molecule has 100 valence electrons. The predicted molar refractivity (Wildman–Crippen MR) is 82.1 cm³/mol. The summed E-state index contributed by atoms with van der Waals surface area (Å²) in [5, 5.41) is 3.50. The highest BCUT2D eigenvalue weighted by Gasteiger charge is 2.25. The van der Waals surface area contributed by atoms with Crippen LogP contribution in [0.2, 0.25) is 0 Å². The minimum atomic E-state index is 0.645. The van der Waals surface area contributed by atoms with Crippen molar-refractivity contribution in [1.29, 1.82) is 0 Å². The van der Waals surface area contributed by atoms with E-state index in [0.29, 0.717) is 6.04 Å². The van der Waals surface area contributed by atoms with Crippen LogP contribution in [-0.2, 0) is 0 Å². The van der Waals surface area contributed by atoms with Crippen LogP contribution in [0, 0.1) is 5.92 Å². The van der Waals surface area contributed by atoms with Gasteiger partial charge in [0.05, 0.1) is 0 Å². The third-order valence-corrected chi connectivity index (χ3v) is 4.20. The summed E-state index contributed by atoms with van der Waals surface area (Å²) >= 11 is 3.57. The van der Waals surface area contributed by atoms with Gasteiger partial charge in [-0.15, -0.1) is 0 Å². The van der Waals surface area contributed by atoms with E-state index in [-0.39, 0.29) is 0 Å². The van der Waals surface area contributed by atoms with Gasteiger partial charge >= 0.3 is 0 Å². The molecule has 1 aliphatic rings. The molecule has 0 spiro atoms. The van der Waals surface area contributed by atoms with E-state index in [1.165, 1.54) is 25.1 Å². The van der Waals surface area contributed by atoms with Crippen molar-refractivity contribution in [1.82, 2.24) is 4.90 Å². The Balaban J connectivity index is 1.77. The summed E-state index contributed by atoms with van der Waals surface area (Å²) in [4.78, 5) is 2.58. The summed E-state index contributed by atoms with van der Waals surface area (Å²) in [7, 11) is 0. The standard InChI is InChI=1S/C15H23BrN2/c1-12(2)18(11-13-7-8-13)10-9-17-15-6-4-3-5-14(15)16/h3-6,12-13,17H,7-11H2,1-2H3. The van der Waals surface area contributed by atoms with Crippen LogP contribution in [0.5, 0.6) is 0 Å². The number of para-hydroxylation sites is 1. The first kappa shape index (κ1) is 13.9. The van der Waals surface area contributed by atoms with Crippen molar-refractivity contribution in [3.63, 3.8) is 0 Å². The van der Waals surface area contributed by atoms with Crippen molar-refractivity contribution in [3.8, 4) is 0 Å². The van der Waals surface area contributed by atoms with Crippen molar-refractivity contribution in [2.24, 2.45) is 5.92 Å². The Labute approximate surface area is 119 Å². The molecule has 0 atom stereocenters. The van der Waals surface area contributed by atoms with E-state index in [0.717, 1.165) is 23.5 Å². The van der Waals surface area contributed by atoms with E-state index in [4.69, 9.17) is 0 Å². The van der Waals surface area contributed by atoms with Crippen LogP contribution in [0.4, 0.5) is 5.69 Å². The minimum absolute atomic E-state index is 0.645. The first-order valence-electron chi connectivity index (χ1n) is 6.89. The van der Waals surface area contributed by atoms with Gasteiger partial charge in [-0.05, 0) is 60.7 Å². The van der Waals surface area contributed by atoms with Gasteiger partial charge < -0.3 is 5.32 Å². The highest BCUT2D eigenvalue weighted by Crippen LogP contribution is 2.30. The molecule has 0 bridgehead atoms. The van der Waals surface area contributed by atoms with Gasteiger partial charge in [-0.1, -0.05) is 12.1 Å². The number of anilines is 1. The molecule has 0 heterocycles. The molecular formula is C15H23BrN2. The Bertz CT molecular complexity index is 375. The summed E-state index contributed by atoms with van der Waals surface area (Å²) in [6.07, 6.45) is 2.86. The summed E-state index contributed by atoms with van der Waals surface area (Å²) in [5.74, 6) is 0.968. The number of benzene rings is 1. The summed E-state index contributed by atoms with van der Waals surface area (Å²) in [6, 6.07) is 8.95. The predicted octanol–water partition coefficient (Wildman–Crippen LogP) is 3.98. The van der Waals surface area contributed by atoms with Crippen molar-refractivity contribution < 1.29 is 0 Å². The van der Waals surface area contributed by atoms with E-state index >= 15 is 0 Å². The smallest absolute Gasteiger partial charge is 0.0485 e. The van der Waals surface area contributed by atoms with Crippen molar-refractivity contribution in [2.45, 2.75) is 32.7 Å². The molecule has 0 aliphatic heterocycles. The van der Waals surface area contributed by atoms with Gasteiger partial charge in [0, 0.05) is 35.8 Å². The Morgan fingerprint density at radius 2 is 2.06 bits per heavy atom. The van der Waals surface area contributed by atoms with Crippen molar-refractivity contribution >= 4 is 21.6 Å². The number of nitrogens with zero attached hydrogens (tertiary/aromatic N) is 1. The Morgan fingerprint density at radius 1 is 1.33 bits per heavy atom. The molecule has 1 N–H and O–H groups in total. The van der Waals surface area contributed by atoms with Crippen LogP contribution >= 0.6 is 15.9 Å². The van der Waals surface area contributed by atoms with Gasteiger partial charge in [-0.25, -0.2) is 0 Å². The molecule has 0 unspecified atom stereocenters. The molecule has 0 amide bonds. The van der Waals surface area contributed by atoms with Gasteiger partial charge in [0.2, 0.25) is 0 Å². The van der Waals surface area contributed by atoms with Gasteiger partial charge in [0.15, 0.2) is 0 Å². The topological polar surface area (TPSA) is 15.3 Å². The second-order valence-corrected chi connectivity index (χ2v) is 6.29. The zero-order chi connectivity index (χ0) is 13.0. The summed E-state index contributed by atoms with van der Waals surface area (Å²) < 4.78 is 1.14.